The number of carbonyl (C=O) groups is 2. The van der Waals surface area contributed by atoms with Crippen LogP contribution >= 0.6 is 0 Å². The highest BCUT2D eigenvalue weighted by Gasteiger charge is 2.44. The number of hydrogen-bond acceptors (Lipinski definition) is 2. The van der Waals surface area contributed by atoms with Crippen molar-refractivity contribution >= 4 is 12.0 Å². The van der Waals surface area contributed by atoms with Crippen molar-refractivity contribution in [3.05, 3.63) is 0 Å². The molecule has 2 atom stereocenters. The number of carboxylic acid groups (broad SMARTS) is 1. The number of rotatable bonds is 2. The summed E-state index contributed by atoms with van der Waals surface area (Å²) in [6.07, 6.45) is 3.78. The van der Waals surface area contributed by atoms with E-state index in [9.17, 15) is 14.7 Å². The molecule has 0 aromatic heterocycles. The lowest BCUT2D eigenvalue weighted by Crippen LogP contribution is -2.59. The maximum absolute atomic E-state index is 12.4. The average molecular weight is 282 g/mol. The molecular formula is C15H26N2O3. The van der Waals surface area contributed by atoms with Crippen LogP contribution in [0.15, 0.2) is 0 Å². The highest BCUT2D eigenvalue weighted by molar-refractivity contribution is 5.86. The van der Waals surface area contributed by atoms with Crippen LogP contribution in [0.1, 0.15) is 52.9 Å². The number of likely N-dealkylation sites (tertiary alicyclic amines) is 1. The van der Waals surface area contributed by atoms with Gasteiger partial charge in [-0.15, -0.1) is 0 Å². The van der Waals surface area contributed by atoms with E-state index in [1.54, 1.807) is 4.90 Å². The van der Waals surface area contributed by atoms with Crippen molar-refractivity contribution in [1.82, 2.24) is 10.2 Å². The largest absolute Gasteiger partial charge is 0.480 e. The van der Waals surface area contributed by atoms with Gasteiger partial charge in [0.2, 0.25) is 0 Å². The molecule has 5 heteroatoms. The van der Waals surface area contributed by atoms with Gasteiger partial charge in [-0.05, 0) is 50.9 Å². The molecule has 2 fully saturated rings. The molecule has 1 saturated heterocycles. The molecule has 2 rings (SSSR count). The molecule has 2 amide bonds. The fourth-order valence-corrected chi connectivity index (χ4v) is 3.51. The number of amides is 2. The Kier molecular flexibility index (Phi) is 4.25. The van der Waals surface area contributed by atoms with E-state index in [-0.39, 0.29) is 12.1 Å². The van der Waals surface area contributed by atoms with Crippen LogP contribution in [-0.2, 0) is 4.79 Å². The van der Waals surface area contributed by atoms with Crippen molar-refractivity contribution < 1.29 is 14.7 Å². The lowest BCUT2D eigenvalue weighted by Gasteiger charge is -2.38. The topological polar surface area (TPSA) is 69.6 Å². The SMILES string of the molecule is CC1CCC(NC(=O)N2CC(C)CC2C)(C(=O)O)CC1. The Labute approximate surface area is 120 Å². The summed E-state index contributed by atoms with van der Waals surface area (Å²) >= 11 is 0. The van der Waals surface area contributed by atoms with Gasteiger partial charge in [-0.25, -0.2) is 9.59 Å². The van der Waals surface area contributed by atoms with Crippen molar-refractivity contribution in [2.75, 3.05) is 6.54 Å². The third-order valence-corrected chi connectivity index (χ3v) is 4.93. The number of carbonyl (C=O) groups excluding carboxylic acids is 1. The average Bonchev–Trinajstić information content (AvgIpc) is 2.71. The lowest BCUT2D eigenvalue weighted by molar-refractivity contribution is -0.146. The number of urea groups is 1. The summed E-state index contributed by atoms with van der Waals surface area (Å²) in [7, 11) is 0. The zero-order valence-electron chi connectivity index (χ0n) is 12.7. The highest BCUT2D eigenvalue weighted by atomic mass is 16.4. The van der Waals surface area contributed by atoms with Crippen molar-refractivity contribution in [1.29, 1.82) is 0 Å². The van der Waals surface area contributed by atoms with E-state index >= 15 is 0 Å². The molecule has 1 saturated carbocycles. The summed E-state index contributed by atoms with van der Waals surface area (Å²) in [4.78, 5) is 25.8. The normalized spacial score (nSPS) is 37.8. The van der Waals surface area contributed by atoms with E-state index in [0.29, 0.717) is 24.7 Å². The van der Waals surface area contributed by atoms with Crippen molar-refractivity contribution in [2.45, 2.75) is 64.5 Å². The summed E-state index contributed by atoms with van der Waals surface area (Å²) in [5.41, 5.74) is -1.06. The lowest BCUT2D eigenvalue weighted by atomic mass is 9.77. The molecule has 2 N–H and O–H groups in total. The van der Waals surface area contributed by atoms with Crippen molar-refractivity contribution in [3.8, 4) is 0 Å². The van der Waals surface area contributed by atoms with Gasteiger partial charge < -0.3 is 15.3 Å². The van der Waals surface area contributed by atoms with Crippen LogP contribution in [0.3, 0.4) is 0 Å². The van der Waals surface area contributed by atoms with Crippen LogP contribution < -0.4 is 5.32 Å². The number of nitrogens with zero attached hydrogens (tertiary/aromatic N) is 1. The summed E-state index contributed by atoms with van der Waals surface area (Å²) in [5.74, 6) is 0.144. The van der Waals surface area contributed by atoms with E-state index in [4.69, 9.17) is 0 Å². The molecule has 5 nitrogen and oxygen atoms in total. The molecule has 114 valence electrons. The summed E-state index contributed by atoms with van der Waals surface area (Å²) in [6, 6.07) is -0.0165. The molecule has 0 bridgehead atoms. The third kappa shape index (κ3) is 2.91. The Bertz CT molecular complexity index is 389. The van der Waals surface area contributed by atoms with Gasteiger partial charge in [0.15, 0.2) is 0 Å². The molecule has 0 aromatic rings. The van der Waals surface area contributed by atoms with Gasteiger partial charge in [-0.2, -0.15) is 0 Å². The van der Waals surface area contributed by atoms with Crippen LogP contribution in [0.5, 0.6) is 0 Å². The van der Waals surface area contributed by atoms with Crippen LogP contribution in [0.2, 0.25) is 0 Å². The summed E-state index contributed by atoms with van der Waals surface area (Å²) in [6.45, 7) is 7.01. The molecule has 2 unspecified atom stereocenters. The minimum absolute atomic E-state index is 0.193. The van der Waals surface area contributed by atoms with Crippen LogP contribution in [0, 0.1) is 11.8 Å². The van der Waals surface area contributed by atoms with E-state index < -0.39 is 11.5 Å². The number of nitrogens with one attached hydrogen (secondary N) is 1. The fourth-order valence-electron chi connectivity index (χ4n) is 3.51. The van der Waals surface area contributed by atoms with Gasteiger partial charge in [0.05, 0.1) is 0 Å². The molecular weight excluding hydrogens is 256 g/mol. The Morgan fingerprint density at radius 3 is 2.20 bits per heavy atom. The Balaban J connectivity index is 2.05. The van der Waals surface area contributed by atoms with Crippen molar-refractivity contribution in [2.24, 2.45) is 11.8 Å². The van der Waals surface area contributed by atoms with Gasteiger partial charge in [0.1, 0.15) is 5.54 Å². The van der Waals surface area contributed by atoms with Crippen LogP contribution in [-0.4, -0.2) is 40.1 Å². The molecule has 0 spiro atoms. The second-order valence-electron chi connectivity index (χ2n) is 6.84. The zero-order valence-corrected chi connectivity index (χ0v) is 12.7. The standard InChI is InChI=1S/C15H26N2O3/c1-10-4-6-15(7-5-10,13(18)19)16-14(20)17-9-11(2)8-12(17)3/h10-12H,4-9H2,1-3H3,(H,16,20)(H,18,19). The van der Waals surface area contributed by atoms with Crippen molar-refractivity contribution in [3.63, 3.8) is 0 Å². The molecule has 0 aromatic carbocycles. The highest BCUT2D eigenvalue weighted by Crippen LogP contribution is 2.33. The molecule has 0 radical (unpaired) electrons. The summed E-state index contributed by atoms with van der Waals surface area (Å²) < 4.78 is 0. The number of aliphatic carboxylic acids is 1. The van der Waals surface area contributed by atoms with E-state index in [1.807, 2.05) is 6.92 Å². The van der Waals surface area contributed by atoms with Gasteiger partial charge >= 0.3 is 12.0 Å². The predicted molar refractivity (Wildman–Crippen MR) is 76.5 cm³/mol. The molecule has 2 aliphatic rings. The monoisotopic (exact) mass is 282 g/mol. The Hall–Kier alpha value is -1.26. The molecule has 20 heavy (non-hydrogen) atoms. The molecule has 1 aliphatic heterocycles. The number of carboxylic acids is 1. The van der Waals surface area contributed by atoms with Crippen LogP contribution in [0.4, 0.5) is 4.79 Å². The zero-order chi connectivity index (χ0) is 14.9. The van der Waals surface area contributed by atoms with E-state index in [2.05, 4.69) is 19.2 Å². The van der Waals surface area contributed by atoms with E-state index in [1.165, 1.54) is 0 Å². The second kappa shape index (κ2) is 5.62. The molecule has 1 heterocycles. The molecule has 1 aliphatic carbocycles. The summed E-state index contributed by atoms with van der Waals surface area (Å²) in [5, 5.41) is 12.4. The van der Waals surface area contributed by atoms with Gasteiger partial charge in [0, 0.05) is 12.6 Å². The minimum Gasteiger partial charge on any atom is -0.480 e. The van der Waals surface area contributed by atoms with E-state index in [0.717, 1.165) is 25.8 Å². The smallest absolute Gasteiger partial charge is 0.329 e. The first-order chi connectivity index (χ1) is 9.34. The van der Waals surface area contributed by atoms with Gasteiger partial charge in [-0.1, -0.05) is 13.8 Å². The van der Waals surface area contributed by atoms with Gasteiger partial charge in [-0.3, -0.25) is 0 Å². The first kappa shape index (κ1) is 15.1. The quantitative estimate of drug-likeness (QED) is 0.817. The maximum Gasteiger partial charge on any atom is 0.329 e. The maximum atomic E-state index is 12.4. The first-order valence-corrected chi connectivity index (χ1v) is 7.66. The Morgan fingerprint density at radius 1 is 1.15 bits per heavy atom. The second-order valence-corrected chi connectivity index (χ2v) is 6.84. The minimum atomic E-state index is -1.06. The van der Waals surface area contributed by atoms with Gasteiger partial charge in [0.25, 0.3) is 0 Å². The third-order valence-electron chi connectivity index (χ3n) is 4.93. The fraction of sp³-hybridized carbons (Fsp3) is 0.867. The predicted octanol–water partition coefficient (Wildman–Crippen LogP) is 2.46. The number of hydrogen-bond donors (Lipinski definition) is 2. The van der Waals surface area contributed by atoms with Crippen LogP contribution in [0.25, 0.3) is 0 Å². The first-order valence-electron chi connectivity index (χ1n) is 7.66. The Morgan fingerprint density at radius 2 is 1.75 bits per heavy atom.